The molecule has 3 fully saturated rings. The Balaban J connectivity index is 0.795. The Morgan fingerprint density at radius 1 is 0.852 bits per heavy atom. The molecule has 5 heterocycles. The van der Waals surface area contributed by atoms with Crippen molar-refractivity contribution >= 4 is 28.8 Å². The number of anilines is 2. The molecule has 0 aliphatic carbocycles. The molecule has 54 heavy (non-hydrogen) atoms. The third-order valence-electron chi connectivity index (χ3n) is 10.8. The molecule has 3 saturated heterocycles. The Bertz CT molecular complexity index is 2070. The van der Waals surface area contributed by atoms with Gasteiger partial charge < -0.3 is 14.5 Å². The van der Waals surface area contributed by atoms with Crippen LogP contribution in [0.4, 0.5) is 24.5 Å². The number of nitrogens with one attached hydrogen (secondary N) is 1. The van der Waals surface area contributed by atoms with Crippen molar-refractivity contribution < 1.29 is 27.5 Å². The fraction of sp³-hybridized carbons (Fsp3) is 0.462. The summed E-state index contributed by atoms with van der Waals surface area (Å²) in [5.41, 5.74) is 1.51. The molecule has 4 aromatic rings. The van der Waals surface area contributed by atoms with Gasteiger partial charge in [-0.05, 0) is 92.9 Å². The van der Waals surface area contributed by atoms with Crippen molar-refractivity contribution in [3.05, 3.63) is 88.0 Å². The van der Waals surface area contributed by atoms with E-state index in [2.05, 4.69) is 32.3 Å². The van der Waals surface area contributed by atoms with Crippen molar-refractivity contribution in [1.29, 1.82) is 5.26 Å². The third-order valence-corrected chi connectivity index (χ3v) is 10.8. The molecule has 2 amide bonds. The van der Waals surface area contributed by atoms with Crippen molar-refractivity contribution in [2.45, 2.75) is 63.1 Å². The lowest BCUT2D eigenvalue weighted by Crippen LogP contribution is -2.46. The predicted octanol–water partition coefficient (Wildman–Crippen LogP) is 5.12. The number of carbonyl (C=O) groups is 2. The van der Waals surface area contributed by atoms with Crippen LogP contribution < -0.4 is 25.5 Å². The van der Waals surface area contributed by atoms with Crippen molar-refractivity contribution in [2.24, 2.45) is 0 Å². The van der Waals surface area contributed by atoms with E-state index >= 15 is 0 Å². The van der Waals surface area contributed by atoms with Gasteiger partial charge in [-0.25, -0.2) is 4.79 Å². The smallest absolute Gasteiger partial charge is 0.417 e. The third kappa shape index (κ3) is 8.23. The van der Waals surface area contributed by atoms with E-state index < -0.39 is 29.4 Å². The Morgan fingerprint density at radius 2 is 1.57 bits per heavy atom. The van der Waals surface area contributed by atoms with Gasteiger partial charge in [0.25, 0.3) is 5.91 Å². The molecule has 3 aliphatic rings. The maximum absolute atomic E-state index is 13.4. The predicted molar refractivity (Wildman–Crippen MR) is 196 cm³/mol. The number of hydrogen-bond donors (Lipinski definition) is 1. The van der Waals surface area contributed by atoms with Crippen LogP contribution in [0.3, 0.4) is 0 Å². The van der Waals surface area contributed by atoms with Gasteiger partial charge in [-0.1, -0.05) is 12.1 Å². The topological polar surface area (TPSA) is 128 Å². The quantitative estimate of drug-likeness (QED) is 0.165. The number of pyridine rings is 1. The summed E-state index contributed by atoms with van der Waals surface area (Å²) in [6.45, 7) is 6.51. The zero-order valence-electron chi connectivity index (χ0n) is 29.9. The molecular formula is C39H43F3N8O4. The van der Waals surface area contributed by atoms with Gasteiger partial charge in [0.05, 0.1) is 23.8 Å². The molecule has 284 valence electrons. The first-order chi connectivity index (χ1) is 26.1. The molecule has 15 heteroatoms. The highest BCUT2D eigenvalue weighted by Crippen LogP contribution is 2.37. The maximum atomic E-state index is 13.4. The van der Waals surface area contributed by atoms with Crippen LogP contribution in [0.25, 0.3) is 5.65 Å². The SMILES string of the molecule is N#Cc1ccc(N2CCC(c3ccc(OCCCCCN4CCN(c5ccn6c(=O)n(C7CCC(=O)NC7=O)nc6c5)CC4)cc3)CC2)cc1C(F)(F)F. The van der Waals surface area contributed by atoms with Crippen molar-refractivity contribution in [1.82, 2.24) is 24.4 Å². The molecule has 2 aromatic heterocycles. The minimum absolute atomic E-state index is 0.174. The summed E-state index contributed by atoms with van der Waals surface area (Å²) < 4.78 is 48.9. The van der Waals surface area contributed by atoms with Gasteiger partial charge in [0, 0.05) is 69.3 Å². The van der Waals surface area contributed by atoms with Crippen molar-refractivity contribution in [3.8, 4) is 11.8 Å². The number of benzene rings is 2. The minimum atomic E-state index is -4.57. The number of hydrogen-bond acceptors (Lipinski definition) is 9. The van der Waals surface area contributed by atoms with Crippen LogP contribution >= 0.6 is 0 Å². The summed E-state index contributed by atoms with van der Waals surface area (Å²) >= 11 is 0. The van der Waals surface area contributed by atoms with E-state index in [1.165, 1.54) is 20.7 Å². The number of fused-ring (bicyclic) bond motifs is 1. The van der Waals surface area contributed by atoms with Gasteiger partial charge >= 0.3 is 11.9 Å². The van der Waals surface area contributed by atoms with E-state index in [1.54, 1.807) is 18.3 Å². The number of imide groups is 1. The summed E-state index contributed by atoms with van der Waals surface area (Å²) in [6.07, 6.45) is 2.30. The van der Waals surface area contributed by atoms with Gasteiger partial charge in [-0.3, -0.25) is 24.2 Å². The molecule has 1 N–H and O–H groups in total. The van der Waals surface area contributed by atoms with Crippen LogP contribution in [-0.4, -0.2) is 83.3 Å². The number of halogens is 3. The van der Waals surface area contributed by atoms with Gasteiger partial charge in [-0.2, -0.15) is 23.1 Å². The number of nitriles is 1. The first-order valence-electron chi connectivity index (χ1n) is 18.6. The minimum Gasteiger partial charge on any atom is -0.494 e. The van der Waals surface area contributed by atoms with Crippen LogP contribution in [0.5, 0.6) is 5.75 Å². The number of piperazine rings is 1. The highest BCUT2D eigenvalue weighted by atomic mass is 19.4. The number of unbranched alkanes of at least 4 members (excludes halogenated alkanes) is 2. The van der Waals surface area contributed by atoms with E-state index in [9.17, 15) is 27.6 Å². The fourth-order valence-corrected chi connectivity index (χ4v) is 7.70. The number of rotatable bonds is 11. The standard InChI is InChI=1S/C39H43F3N8O4/c40-39(41,42)33-24-30(7-4-29(33)26-43)47-16-12-28(13-17-47)27-5-8-32(9-6-27)54-23-3-1-2-15-46-19-21-48(22-20-46)31-14-18-49-35(25-31)45-50(38(49)53)34-10-11-36(51)44-37(34)52/h4-9,14,18,24-25,28,34H,1-3,10-13,15-17,19-23H2,(H,44,51,52). The lowest BCUT2D eigenvalue weighted by molar-refractivity contribution is -0.138. The first kappa shape index (κ1) is 37.0. The second-order valence-corrected chi connectivity index (χ2v) is 14.2. The summed E-state index contributed by atoms with van der Waals surface area (Å²) in [4.78, 5) is 43.5. The normalized spacial score (nSPS) is 18.9. The summed E-state index contributed by atoms with van der Waals surface area (Å²) in [6, 6.07) is 16.7. The largest absolute Gasteiger partial charge is 0.494 e. The Morgan fingerprint density at radius 3 is 2.28 bits per heavy atom. The lowest BCUT2D eigenvalue weighted by atomic mass is 9.89. The van der Waals surface area contributed by atoms with Gasteiger partial charge in [0.2, 0.25) is 5.91 Å². The van der Waals surface area contributed by atoms with Crippen LogP contribution in [-0.2, 0) is 15.8 Å². The second-order valence-electron chi connectivity index (χ2n) is 14.2. The monoisotopic (exact) mass is 744 g/mol. The zero-order chi connectivity index (χ0) is 37.8. The Kier molecular flexibility index (Phi) is 10.9. The number of alkyl halides is 3. The molecular weight excluding hydrogens is 701 g/mol. The van der Waals surface area contributed by atoms with Crippen LogP contribution in [0.15, 0.2) is 65.6 Å². The van der Waals surface area contributed by atoms with E-state index in [0.29, 0.717) is 36.9 Å². The van der Waals surface area contributed by atoms with Crippen LogP contribution in [0, 0.1) is 11.3 Å². The number of piperidine rings is 2. The number of carbonyl (C=O) groups excluding carboxylic acids is 2. The Labute approximate surface area is 310 Å². The zero-order valence-corrected chi connectivity index (χ0v) is 29.9. The molecule has 1 atom stereocenters. The highest BCUT2D eigenvalue weighted by Gasteiger charge is 2.35. The lowest BCUT2D eigenvalue weighted by Gasteiger charge is -2.36. The summed E-state index contributed by atoms with van der Waals surface area (Å²) in [7, 11) is 0. The number of nitrogens with zero attached hydrogens (tertiary/aromatic N) is 7. The average Bonchev–Trinajstić information content (AvgIpc) is 3.51. The van der Waals surface area contributed by atoms with E-state index in [4.69, 9.17) is 10.00 Å². The summed E-state index contributed by atoms with van der Waals surface area (Å²) in [5, 5.41) is 15.8. The maximum Gasteiger partial charge on any atom is 0.417 e. The molecule has 12 nitrogen and oxygen atoms in total. The van der Waals surface area contributed by atoms with Crippen LogP contribution in [0.1, 0.15) is 73.6 Å². The van der Waals surface area contributed by atoms with E-state index in [-0.39, 0.29) is 24.3 Å². The Hall–Kier alpha value is -5.36. The molecule has 7 rings (SSSR count). The van der Waals surface area contributed by atoms with Gasteiger partial charge in [0.1, 0.15) is 11.8 Å². The van der Waals surface area contributed by atoms with Crippen molar-refractivity contribution in [2.75, 3.05) is 62.2 Å². The first-order valence-corrected chi connectivity index (χ1v) is 18.6. The molecule has 0 saturated carbocycles. The second kappa shape index (κ2) is 15.9. The molecule has 0 spiro atoms. The molecule has 0 radical (unpaired) electrons. The molecule has 3 aliphatic heterocycles. The van der Waals surface area contributed by atoms with Crippen LogP contribution in [0.2, 0.25) is 0 Å². The summed E-state index contributed by atoms with van der Waals surface area (Å²) in [5.74, 6) is 0.316. The molecule has 0 bridgehead atoms. The van der Waals surface area contributed by atoms with Gasteiger partial charge in [0.15, 0.2) is 5.65 Å². The number of amides is 2. The molecule has 1 unspecified atom stereocenters. The van der Waals surface area contributed by atoms with E-state index in [1.807, 2.05) is 29.2 Å². The fourth-order valence-electron chi connectivity index (χ4n) is 7.70. The number of ether oxygens (including phenoxy) is 1. The van der Waals surface area contributed by atoms with E-state index in [0.717, 1.165) is 82.3 Å². The molecule has 2 aromatic carbocycles. The highest BCUT2D eigenvalue weighted by molar-refractivity contribution is 5.99. The average molecular weight is 745 g/mol. The number of aromatic nitrogens is 3. The van der Waals surface area contributed by atoms with Crippen molar-refractivity contribution in [3.63, 3.8) is 0 Å². The van der Waals surface area contributed by atoms with Gasteiger partial charge in [-0.15, -0.1) is 5.10 Å².